The maximum atomic E-state index is 11.5. The average molecular weight is 239 g/mol. The first-order valence-corrected chi connectivity index (χ1v) is 5.61. The Labute approximate surface area is 95.3 Å². The number of anilines is 1. The smallest absolute Gasteiger partial charge is 0.308 e. The summed E-state index contributed by atoms with van der Waals surface area (Å²) in [5.41, 5.74) is 0.430. The Bertz CT molecular complexity index is 449. The van der Waals surface area contributed by atoms with Crippen LogP contribution in [0.4, 0.5) is 5.69 Å². The molecule has 0 atom stereocenters. The van der Waals surface area contributed by atoms with Crippen LogP contribution in [0.5, 0.6) is 0 Å². The quantitative estimate of drug-likeness (QED) is 0.799. The molecule has 0 aliphatic carbocycles. The standard InChI is InChI=1S/C10H9NO4S/c12-8-1-2-9(13)11(8)6-3-4-16-7(6)5-10(14)15/h3-4H,1-2,5H2,(H,14,15). The summed E-state index contributed by atoms with van der Waals surface area (Å²) in [5, 5.41) is 10.4. The zero-order valence-corrected chi connectivity index (χ0v) is 9.12. The summed E-state index contributed by atoms with van der Waals surface area (Å²) >= 11 is 1.24. The summed E-state index contributed by atoms with van der Waals surface area (Å²) in [4.78, 5) is 35.2. The third kappa shape index (κ3) is 1.83. The van der Waals surface area contributed by atoms with Crippen LogP contribution in [0.1, 0.15) is 17.7 Å². The summed E-state index contributed by atoms with van der Waals surface area (Å²) in [5.74, 6) is -1.48. The molecule has 0 spiro atoms. The zero-order valence-electron chi connectivity index (χ0n) is 8.30. The van der Waals surface area contributed by atoms with Gasteiger partial charge in [0, 0.05) is 17.7 Å². The summed E-state index contributed by atoms with van der Waals surface area (Å²) in [6, 6.07) is 1.62. The van der Waals surface area contributed by atoms with Crippen LogP contribution in [0, 0.1) is 0 Å². The molecule has 2 rings (SSSR count). The van der Waals surface area contributed by atoms with Gasteiger partial charge in [-0.25, -0.2) is 4.90 Å². The van der Waals surface area contributed by atoms with Gasteiger partial charge in [0.1, 0.15) is 0 Å². The highest BCUT2D eigenvalue weighted by Crippen LogP contribution is 2.30. The van der Waals surface area contributed by atoms with Gasteiger partial charge in [-0.1, -0.05) is 0 Å². The van der Waals surface area contributed by atoms with Gasteiger partial charge in [-0.3, -0.25) is 14.4 Å². The van der Waals surface area contributed by atoms with Crippen LogP contribution in [0.3, 0.4) is 0 Å². The van der Waals surface area contributed by atoms with Gasteiger partial charge in [-0.15, -0.1) is 11.3 Å². The number of imide groups is 1. The van der Waals surface area contributed by atoms with E-state index in [1.807, 2.05) is 0 Å². The molecule has 0 saturated carbocycles. The first-order valence-electron chi connectivity index (χ1n) is 4.73. The number of nitrogens with zero attached hydrogens (tertiary/aromatic N) is 1. The minimum absolute atomic E-state index is 0.163. The highest BCUT2D eigenvalue weighted by Gasteiger charge is 2.32. The predicted molar refractivity (Wildman–Crippen MR) is 57.4 cm³/mol. The van der Waals surface area contributed by atoms with Gasteiger partial charge in [0.15, 0.2) is 0 Å². The highest BCUT2D eigenvalue weighted by molar-refractivity contribution is 7.10. The number of thiophene rings is 1. The van der Waals surface area contributed by atoms with Crippen molar-refractivity contribution >= 4 is 34.8 Å². The van der Waals surface area contributed by atoms with Crippen LogP contribution in [0.2, 0.25) is 0 Å². The van der Waals surface area contributed by atoms with Crippen molar-refractivity contribution in [3.8, 4) is 0 Å². The molecule has 0 aromatic carbocycles. The number of carbonyl (C=O) groups is 3. The van der Waals surface area contributed by atoms with E-state index in [0.29, 0.717) is 10.6 Å². The average Bonchev–Trinajstić information content (AvgIpc) is 2.74. The number of carboxylic acids is 1. The fraction of sp³-hybridized carbons (Fsp3) is 0.300. The van der Waals surface area contributed by atoms with E-state index < -0.39 is 5.97 Å². The fourth-order valence-corrected chi connectivity index (χ4v) is 2.50. The van der Waals surface area contributed by atoms with E-state index in [1.165, 1.54) is 11.3 Å². The maximum Gasteiger partial charge on any atom is 0.308 e. The number of aliphatic carboxylic acids is 1. The van der Waals surface area contributed by atoms with Crippen molar-refractivity contribution in [1.29, 1.82) is 0 Å². The van der Waals surface area contributed by atoms with Crippen LogP contribution in [-0.4, -0.2) is 22.9 Å². The van der Waals surface area contributed by atoms with E-state index in [-0.39, 0.29) is 31.1 Å². The van der Waals surface area contributed by atoms with Gasteiger partial charge >= 0.3 is 5.97 Å². The number of hydrogen-bond acceptors (Lipinski definition) is 4. The van der Waals surface area contributed by atoms with Crippen LogP contribution in [0.25, 0.3) is 0 Å². The molecule has 1 aromatic rings. The third-order valence-electron chi connectivity index (χ3n) is 2.33. The van der Waals surface area contributed by atoms with E-state index in [4.69, 9.17) is 5.11 Å². The third-order valence-corrected chi connectivity index (χ3v) is 3.24. The first kappa shape index (κ1) is 10.8. The van der Waals surface area contributed by atoms with Crippen molar-refractivity contribution in [2.45, 2.75) is 19.3 Å². The van der Waals surface area contributed by atoms with E-state index in [9.17, 15) is 14.4 Å². The molecule has 1 aliphatic rings. The molecule has 1 saturated heterocycles. The van der Waals surface area contributed by atoms with Crippen LogP contribution >= 0.6 is 11.3 Å². The molecule has 0 unspecified atom stereocenters. The molecule has 2 amide bonds. The molecule has 1 fully saturated rings. The van der Waals surface area contributed by atoms with Crippen molar-refractivity contribution in [3.63, 3.8) is 0 Å². The molecule has 1 aliphatic heterocycles. The van der Waals surface area contributed by atoms with Crippen LogP contribution in [0.15, 0.2) is 11.4 Å². The van der Waals surface area contributed by atoms with E-state index >= 15 is 0 Å². The lowest BCUT2D eigenvalue weighted by molar-refractivity contribution is -0.136. The lowest BCUT2D eigenvalue weighted by Crippen LogP contribution is -2.29. The monoisotopic (exact) mass is 239 g/mol. The number of amides is 2. The second-order valence-corrected chi connectivity index (χ2v) is 4.42. The van der Waals surface area contributed by atoms with Crippen molar-refractivity contribution in [2.75, 3.05) is 4.90 Å². The van der Waals surface area contributed by atoms with Crippen molar-refractivity contribution < 1.29 is 19.5 Å². The minimum atomic E-state index is -0.970. The molecule has 16 heavy (non-hydrogen) atoms. The predicted octanol–water partition coefficient (Wildman–Crippen LogP) is 1.03. The second-order valence-electron chi connectivity index (χ2n) is 3.42. The van der Waals surface area contributed by atoms with E-state index in [0.717, 1.165) is 4.90 Å². The van der Waals surface area contributed by atoms with Gasteiger partial charge in [0.05, 0.1) is 12.1 Å². The van der Waals surface area contributed by atoms with Crippen molar-refractivity contribution in [3.05, 3.63) is 16.3 Å². The van der Waals surface area contributed by atoms with Gasteiger partial charge in [0.2, 0.25) is 11.8 Å². The van der Waals surface area contributed by atoms with Crippen molar-refractivity contribution in [1.82, 2.24) is 0 Å². The lowest BCUT2D eigenvalue weighted by atomic mass is 10.3. The second kappa shape index (κ2) is 4.05. The van der Waals surface area contributed by atoms with Gasteiger partial charge in [-0.2, -0.15) is 0 Å². The molecule has 2 heterocycles. The molecular formula is C10H9NO4S. The minimum Gasteiger partial charge on any atom is -0.481 e. The molecule has 5 nitrogen and oxygen atoms in total. The molecule has 0 radical (unpaired) electrons. The summed E-state index contributed by atoms with van der Waals surface area (Å²) in [6.45, 7) is 0. The van der Waals surface area contributed by atoms with Crippen LogP contribution < -0.4 is 4.90 Å². The van der Waals surface area contributed by atoms with E-state index in [1.54, 1.807) is 11.4 Å². The topological polar surface area (TPSA) is 74.7 Å². The Morgan fingerprint density at radius 1 is 1.38 bits per heavy atom. The molecule has 6 heteroatoms. The highest BCUT2D eigenvalue weighted by atomic mass is 32.1. The summed E-state index contributed by atoms with van der Waals surface area (Å²) in [7, 11) is 0. The van der Waals surface area contributed by atoms with Gasteiger partial charge < -0.3 is 5.11 Å². The Hall–Kier alpha value is -1.69. The van der Waals surface area contributed by atoms with Crippen LogP contribution in [-0.2, 0) is 20.8 Å². The van der Waals surface area contributed by atoms with E-state index in [2.05, 4.69) is 0 Å². The Kier molecular flexibility index (Phi) is 2.74. The number of carboxylic acid groups (broad SMARTS) is 1. The Balaban J connectivity index is 2.33. The van der Waals surface area contributed by atoms with Gasteiger partial charge in [0.25, 0.3) is 0 Å². The summed E-state index contributed by atoms with van der Waals surface area (Å²) < 4.78 is 0. The maximum absolute atomic E-state index is 11.5. The van der Waals surface area contributed by atoms with Crippen molar-refractivity contribution in [2.24, 2.45) is 0 Å². The molecule has 1 N–H and O–H groups in total. The first-order chi connectivity index (χ1) is 7.59. The molecule has 1 aromatic heterocycles. The Morgan fingerprint density at radius 3 is 2.56 bits per heavy atom. The number of rotatable bonds is 3. The number of hydrogen-bond donors (Lipinski definition) is 1. The molecular weight excluding hydrogens is 230 g/mol. The molecule has 84 valence electrons. The van der Waals surface area contributed by atoms with Gasteiger partial charge in [-0.05, 0) is 11.4 Å². The lowest BCUT2D eigenvalue weighted by Gasteiger charge is -2.13. The zero-order chi connectivity index (χ0) is 11.7. The normalized spacial score (nSPS) is 15.9. The SMILES string of the molecule is O=C(O)Cc1sccc1N1C(=O)CCC1=O. The Morgan fingerprint density at radius 2 is 2.00 bits per heavy atom. The number of carbonyl (C=O) groups excluding carboxylic acids is 2. The summed E-state index contributed by atoms with van der Waals surface area (Å²) in [6.07, 6.45) is 0.256. The fourth-order valence-electron chi connectivity index (χ4n) is 1.65. The molecule has 0 bridgehead atoms. The largest absolute Gasteiger partial charge is 0.481 e.